The Morgan fingerprint density at radius 3 is 2.47 bits per heavy atom. The van der Waals surface area contributed by atoms with Crippen LogP contribution in [0, 0.1) is 40.4 Å². The Hall–Kier alpha value is -0.740. The third-order valence-corrected chi connectivity index (χ3v) is 11.3. The van der Waals surface area contributed by atoms with Gasteiger partial charge in [-0.05, 0) is 98.2 Å². The highest BCUT2D eigenvalue weighted by Crippen LogP contribution is 2.67. The van der Waals surface area contributed by atoms with E-state index in [9.17, 15) is 28.5 Å². The van der Waals surface area contributed by atoms with Crippen molar-refractivity contribution >= 4 is 16.0 Å². The number of fused-ring (bicyclic) bond motifs is 5. The fourth-order valence-corrected chi connectivity index (χ4v) is 9.04. The van der Waals surface area contributed by atoms with Crippen molar-refractivity contribution in [1.82, 2.24) is 5.32 Å². The summed E-state index contributed by atoms with van der Waals surface area (Å²) in [6.07, 6.45) is 6.58. The second-order valence-electron chi connectivity index (χ2n) is 12.1. The minimum atomic E-state index is -4.09. The Morgan fingerprint density at radius 1 is 1.03 bits per heavy atom. The van der Waals surface area contributed by atoms with Crippen molar-refractivity contribution < 1.29 is 33.1 Å². The van der Waals surface area contributed by atoms with E-state index in [1.807, 2.05) is 0 Å². The monoisotopic (exact) mass is 501 g/mol. The zero-order chi connectivity index (χ0) is 24.9. The lowest BCUT2D eigenvalue weighted by Crippen LogP contribution is -2.62. The number of rotatable bonds is 7. The van der Waals surface area contributed by atoms with Gasteiger partial charge < -0.3 is 20.6 Å². The number of aliphatic hydroxyl groups is 3. The highest BCUT2D eigenvalue weighted by Gasteiger charge is 2.65. The first-order valence-electron chi connectivity index (χ1n) is 13.1. The zero-order valence-corrected chi connectivity index (χ0v) is 21.3. The van der Waals surface area contributed by atoms with Crippen molar-refractivity contribution in [3.05, 3.63) is 0 Å². The van der Waals surface area contributed by atoms with Gasteiger partial charge in [-0.2, -0.15) is 8.42 Å². The van der Waals surface area contributed by atoms with Crippen LogP contribution in [0.4, 0.5) is 0 Å². The fourth-order valence-electron chi connectivity index (χ4n) is 8.68. The molecule has 0 aliphatic heterocycles. The zero-order valence-electron chi connectivity index (χ0n) is 20.5. The number of aliphatic hydroxyl groups excluding tert-OH is 3. The maximum atomic E-state index is 12.1. The van der Waals surface area contributed by atoms with Crippen molar-refractivity contribution in [1.29, 1.82) is 0 Å². The molecule has 9 heteroatoms. The second-order valence-corrected chi connectivity index (χ2v) is 13.7. The predicted molar refractivity (Wildman–Crippen MR) is 127 cm³/mol. The summed E-state index contributed by atoms with van der Waals surface area (Å²) in [5.41, 5.74) is -0.218. The highest BCUT2D eigenvalue weighted by molar-refractivity contribution is 7.85. The van der Waals surface area contributed by atoms with Crippen molar-refractivity contribution in [2.45, 2.75) is 96.4 Å². The third kappa shape index (κ3) is 4.80. The number of carbonyl (C=O) groups excluding carboxylic acids is 1. The van der Waals surface area contributed by atoms with Gasteiger partial charge in [0.25, 0.3) is 10.1 Å². The summed E-state index contributed by atoms with van der Waals surface area (Å²) in [4.78, 5) is 12.1. The van der Waals surface area contributed by atoms with E-state index < -0.39 is 28.1 Å². The molecule has 0 aromatic carbocycles. The second kappa shape index (κ2) is 9.61. The fraction of sp³-hybridized carbons (Fsp3) is 0.960. The molecule has 0 aromatic rings. The molecule has 0 bridgehead atoms. The average molecular weight is 502 g/mol. The lowest BCUT2D eigenvalue weighted by Gasteiger charge is -2.63. The van der Waals surface area contributed by atoms with Gasteiger partial charge in [0.15, 0.2) is 0 Å². The molecule has 0 radical (unpaired) electrons. The number of carbonyl (C=O) groups is 1. The summed E-state index contributed by atoms with van der Waals surface area (Å²) in [6.45, 7) is 4.42. The van der Waals surface area contributed by atoms with Gasteiger partial charge in [-0.3, -0.25) is 9.35 Å². The van der Waals surface area contributed by atoms with Crippen LogP contribution in [0.1, 0.15) is 78.1 Å². The van der Waals surface area contributed by atoms with Gasteiger partial charge in [0.1, 0.15) is 0 Å². The van der Waals surface area contributed by atoms with Crippen LogP contribution < -0.4 is 5.32 Å². The molecule has 5 N–H and O–H groups in total. The molecule has 196 valence electrons. The summed E-state index contributed by atoms with van der Waals surface area (Å²) in [5, 5.41) is 35.6. The van der Waals surface area contributed by atoms with E-state index in [2.05, 4.69) is 19.2 Å². The van der Waals surface area contributed by atoms with Crippen molar-refractivity contribution in [3.8, 4) is 0 Å². The van der Waals surface area contributed by atoms with Crippen molar-refractivity contribution in [3.63, 3.8) is 0 Å². The lowest BCUT2D eigenvalue weighted by molar-refractivity contribution is -0.204. The molecule has 1 amide bonds. The Labute approximate surface area is 203 Å². The first kappa shape index (κ1) is 26.3. The van der Waals surface area contributed by atoms with Crippen LogP contribution in [-0.4, -0.2) is 64.8 Å². The van der Waals surface area contributed by atoms with E-state index in [0.29, 0.717) is 18.8 Å². The highest BCUT2D eigenvalue weighted by atomic mass is 32.2. The summed E-state index contributed by atoms with van der Waals surface area (Å²) in [6, 6.07) is 0. The minimum Gasteiger partial charge on any atom is -0.393 e. The lowest BCUT2D eigenvalue weighted by atomic mass is 9.43. The molecule has 8 nitrogen and oxygen atoms in total. The molecule has 4 saturated carbocycles. The van der Waals surface area contributed by atoms with E-state index in [1.54, 1.807) is 0 Å². The van der Waals surface area contributed by atoms with Gasteiger partial charge in [-0.25, -0.2) is 0 Å². The number of hydrogen-bond acceptors (Lipinski definition) is 6. The number of hydrogen-bond donors (Lipinski definition) is 5. The smallest absolute Gasteiger partial charge is 0.266 e. The predicted octanol–water partition coefficient (Wildman–Crippen LogP) is 2.12. The minimum absolute atomic E-state index is 0.0592. The Bertz CT molecular complexity index is 865. The molecular formula is C25H43NO7S. The van der Waals surface area contributed by atoms with E-state index in [4.69, 9.17) is 4.55 Å². The van der Waals surface area contributed by atoms with Gasteiger partial charge in [-0.1, -0.05) is 13.8 Å². The Morgan fingerprint density at radius 2 is 1.76 bits per heavy atom. The topological polar surface area (TPSA) is 144 Å². The number of nitrogens with one attached hydrogen (secondary N) is 1. The van der Waals surface area contributed by atoms with Crippen molar-refractivity contribution in [2.24, 2.45) is 40.4 Å². The van der Waals surface area contributed by atoms with Crippen molar-refractivity contribution in [2.75, 3.05) is 12.3 Å². The van der Waals surface area contributed by atoms with Gasteiger partial charge in [0, 0.05) is 13.0 Å². The first-order valence-corrected chi connectivity index (χ1v) is 14.7. The molecule has 4 fully saturated rings. The Balaban J connectivity index is 1.39. The first-order chi connectivity index (χ1) is 15.9. The normalized spacial score (nSPS) is 46.3. The van der Waals surface area contributed by atoms with E-state index >= 15 is 0 Å². The average Bonchev–Trinajstić information content (AvgIpc) is 3.07. The van der Waals surface area contributed by atoms with E-state index in [0.717, 1.165) is 44.9 Å². The van der Waals surface area contributed by atoms with Crippen LogP contribution in [0.15, 0.2) is 0 Å². The van der Waals surface area contributed by atoms with E-state index in [-0.39, 0.29) is 59.5 Å². The van der Waals surface area contributed by atoms with E-state index in [1.165, 1.54) is 0 Å². The van der Waals surface area contributed by atoms with Crippen LogP contribution in [0.5, 0.6) is 0 Å². The molecule has 0 saturated heterocycles. The Kier molecular flexibility index (Phi) is 7.44. The molecule has 0 spiro atoms. The van der Waals surface area contributed by atoms with Gasteiger partial charge >= 0.3 is 0 Å². The molecule has 10 atom stereocenters. The van der Waals surface area contributed by atoms with Crippen LogP contribution in [0.2, 0.25) is 0 Å². The molecule has 4 rings (SSSR count). The molecule has 34 heavy (non-hydrogen) atoms. The summed E-state index contributed by atoms with van der Waals surface area (Å²) < 4.78 is 30.4. The standard InChI is InChI=1S/C25H43NO7S/c1-24-9-8-17(27)12-16(24)13-20(28)23-18-7-6-15(25(18,2)21(29)14-19(23)24)4-3-5-22(30)26-10-11-34(31,32)33/h15-21,23,27-29H,3-14H2,1-2H3,(H,26,30)(H,31,32,33)/t15-,16-,17+,18-,19-,20+,21-,23-,24-,25+/m0/s1. The largest absolute Gasteiger partial charge is 0.393 e. The number of amides is 1. The maximum Gasteiger partial charge on any atom is 0.266 e. The van der Waals surface area contributed by atoms with Gasteiger partial charge in [0.2, 0.25) is 5.91 Å². The summed E-state index contributed by atoms with van der Waals surface area (Å²) >= 11 is 0. The van der Waals surface area contributed by atoms with Crippen LogP contribution in [-0.2, 0) is 14.9 Å². The molecule has 0 unspecified atom stereocenters. The van der Waals surface area contributed by atoms with Crippen LogP contribution in [0.3, 0.4) is 0 Å². The maximum absolute atomic E-state index is 12.1. The van der Waals surface area contributed by atoms with Gasteiger partial charge in [0.05, 0.1) is 24.1 Å². The van der Waals surface area contributed by atoms with Crippen LogP contribution in [0.25, 0.3) is 0 Å². The third-order valence-electron chi connectivity index (χ3n) is 10.6. The molecule has 4 aliphatic carbocycles. The quantitative estimate of drug-likeness (QED) is 0.336. The van der Waals surface area contributed by atoms with Crippen LogP contribution >= 0.6 is 0 Å². The summed E-state index contributed by atoms with van der Waals surface area (Å²) in [5.74, 6) is 0.582. The molecule has 4 aliphatic rings. The summed E-state index contributed by atoms with van der Waals surface area (Å²) in [7, 11) is -4.09. The SMILES string of the molecule is C[C@]12CC[C@@H](O)C[C@H]1C[C@@H](O)[C@@H]1[C@@H]2C[C@H](O)[C@]2(C)[C@@H](CCCC(=O)NCCS(=O)(=O)O)CC[C@@H]12. The molecule has 0 heterocycles. The van der Waals surface area contributed by atoms with Gasteiger partial charge in [-0.15, -0.1) is 0 Å². The molecular weight excluding hydrogens is 458 g/mol. The molecule has 0 aromatic heterocycles.